The molecular weight excluding hydrogens is 375 g/mol. The Morgan fingerprint density at radius 3 is 2.38 bits per heavy atom. The first-order valence-electron chi connectivity index (χ1n) is 8.70. The highest BCUT2D eigenvalue weighted by atomic mass is 35.5. The summed E-state index contributed by atoms with van der Waals surface area (Å²) in [6, 6.07) is 5.21. The van der Waals surface area contributed by atoms with Gasteiger partial charge in [0, 0.05) is 16.6 Å². The van der Waals surface area contributed by atoms with Gasteiger partial charge in [-0.25, -0.2) is 0 Å². The summed E-state index contributed by atoms with van der Waals surface area (Å²) in [6.45, 7) is 0.161. The molecular formula is C19H18Cl2N2O3. The van der Waals surface area contributed by atoms with E-state index in [9.17, 15) is 14.4 Å². The summed E-state index contributed by atoms with van der Waals surface area (Å²) < 4.78 is 0. The van der Waals surface area contributed by atoms with Crippen molar-refractivity contribution in [3.63, 3.8) is 0 Å². The Hall–Kier alpha value is -1.85. The first-order chi connectivity index (χ1) is 12.5. The lowest BCUT2D eigenvalue weighted by molar-refractivity contribution is -0.144. The molecule has 7 heteroatoms. The van der Waals surface area contributed by atoms with Gasteiger partial charge in [0.2, 0.25) is 17.7 Å². The summed E-state index contributed by atoms with van der Waals surface area (Å²) in [6.07, 6.45) is 5.50. The van der Waals surface area contributed by atoms with Crippen LogP contribution in [0.2, 0.25) is 10.0 Å². The number of nitrogens with one attached hydrogen (secondary N) is 1. The Bertz CT molecular complexity index is 793. The van der Waals surface area contributed by atoms with Crippen molar-refractivity contribution in [3.05, 3.63) is 46.0 Å². The van der Waals surface area contributed by atoms with Crippen LogP contribution in [0.5, 0.6) is 0 Å². The molecule has 1 N–H and O–H groups in total. The third-order valence-corrected chi connectivity index (χ3v) is 6.18. The molecule has 1 heterocycles. The number of carbonyl (C=O) groups is 3. The van der Waals surface area contributed by atoms with Gasteiger partial charge >= 0.3 is 0 Å². The average molecular weight is 393 g/mol. The second-order valence-corrected chi connectivity index (χ2v) is 7.94. The maximum absolute atomic E-state index is 12.6. The number of allylic oxidation sites excluding steroid dienone is 2. The number of hydrogen-bond acceptors (Lipinski definition) is 3. The highest BCUT2D eigenvalue weighted by Gasteiger charge is 2.59. The fourth-order valence-electron chi connectivity index (χ4n) is 4.38. The van der Waals surface area contributed by atoms with E-state index in [0.29, 0.717) is 23.0 Å². The average Bonchev–Trinajstić information content (AvgIpc) is 3.27. The number of amides is 3. The zero-order valence-corrected chi connectivity index (χ0v) is 15.5. The fraction of sp³-hybridized carbons (Fsp3) is 0.421. The van der Waals surface area contributed by atoms with Gasteiger partial charge in [-0.15, -0.1) is 0 Å². The third-order valence-electron chi connectivity index (χ3n) is 5.59. The number of hydrogen-bond donors (Lipinski definition) is 1. The monoisotopic (exact) mass is 392 g/mol. The lowest BCUT2D eigenvalue weighted by Crippen LogP contribution is -2.42. The molecule has 1 aromatic carbocycles. The number of rotatable bonds is 5. The van der Waals surface area contributed by atoms with Crippen LogP contribution in [0, 0.1) is 23.7 Å². The van der Waals surface area contributed by atoms with Crippen molar-refractivity contribution in [3.8, 4) is 0 Å². The van der Waals surface area contributed by atoms with Crippen molar-refractivity contribution >= 4 is 40.9 Å². The number of nitrogens with zero attached hydrogens (tertiary/aromatic N) is 1. The third kappa shape index (κ3) is 2.93. The topological polar surface area (TPSA) is 66.5 Å². The molecule has 26 heavy (non-hydrogen) atoms. The summed E-state index contributed by atoms with van der Waals surface area (Å²) in [4.78, 5) is 38.4. The molecule has 3 amide bonds. The van der Waals surface area contributed by atoms with Crippen molar-refractivity contribution in [2.45, 2.75) is 12.8 Å². The summed E-state index contributed by atoms with van der Waals surface area (Å²) in [5.41, 5.74) is 0.877. The number of imide groups is 1. The van der Waals surface area contributed by atoms with Crippen LogP contribution in [0.25, 0.3) is 0 Å². The normalized spacial score (nSPS) is 28.8. The van der Waals surface area contributed by atoms with Crippen LogP contribution in [0.3, 0.4) is 0 Å². The number of likely N-dealkylation sites (tertiary alicyclic amines) is 1. The highest BCUT2D eigenvalue weighted by molar-refractivity contribution is 6.35. The quantitative estimate of drug-likeness (QED) is 0.618. The SMILES string of the molecule is O=C(CN1C(=O)C2C3C=CC(C3)C2C1=O)NCCc1ccc(Cl)cc1Cl. The molecule has 1 saturated heterocycles. The molecule has 1 aromatic rings. The first kappa shape index (κ1) is 17.6. The molecule has 2 aliphatic carbocycles. The number of halogens is 2. The predicted molar refractivity (Wildman–Crippen MR) is 97.6 cm³/mol. The minimum Gasteiger partial charge on any atom is -0.354 e. The second-order valence-electron chi connectivity index (χ2n) is 7.10. The largest absolute Gasteiger partial charge is 0.354 e. The van der Waals surface area contributed by atoms with Crippen molar-refractivity contribution in [1.29, 1.82) is 0 Å². The molecule has 2 fully saturated rings. The second kappa shape index (κ2) is 6.71. The van der Waals surface area contributed by atoms with E-state index in [1.165, 1.54) is 0 Å². The standard InChI is InChI=1S/C19H18Cl2N2O3/c20-13-4-3-10(14(21)8-13)5-6-22-15(24)9-23-18(25)16-11-1-2-12(7-11)17(16)19(23)26/h1-4,8,11-12,16-17H,5-7,9H2,(H,22,24). The van der Waals surface area contributed by atoms with E-state index in [2.05, 4.69) is 5.32 Å². The van der Waals surface area contributed by atoms with Crippen LogP contribution in [0.4, 0.5) is 0 Å². The van der Waals surface area contributed by atoms with Crippen molar-refractivity contribution in [2.24, 2.45) is 23.7 Å². The molecule has 2 bridgehead atoms. The first-order valence-corrected chi connectivity index (χ1v) is 9.45. The number of carbonyl (C=O) groups excluding carboxylic acids is 3. The van der Waals surface area contributed by atoms with Crippen LogP contribution in [-0.2, 0) is 20.8 Å². The summed E-state index contributed by atoms with van der Waals surface area (Å²) >= 11 is 12.0. The van der Waals surface area contributed by atoms with Gasteiger partial charge in [0.15, 0.2) is 0 Å². The van der Waals surface area contributed by atoms with Crippen molar-refractivity contribution in [2.75, 3.05) is 13.1 Å². The Morgan fingerprint density at radius 1 is 1.12 bits per heavy atom. The Kier molecular flexibility index (Phi) is 4.53. The zero-order valence-electron chi connectivity index (χ0n) is 14.0. The van der Waals surface area contributed by atoms with E-state index in [4.69, 9.17) is 23.2 Å². The summed E-state index contributed by atoms with van der Waals surface area (Å²) in [5, 5.41) is 3.86. The highest BCUT2D eigenvalue weighted by Crippen LogP contribution is 2.52. The molecule has 0 spiro atoms. The van der Waals surface area contributed by atoms with Crippen molar-refractivity contribution < 1.29 is 14.4 Å². The Balaban J connectivity index is 1.31. The van der Waals surface area contributed by atoms with Gasteiger partial charge in [0.1, 0.15) is 6.54 Å². The van der Waals surface area contributed by atoms with Crippen molar-refractivity contribution in [1.82, 2.24) is 10.2 Å². The lowest BCUT2D eigenvalue weighted by atomic mass is 9.85. The van der Waals surface area contributed by atoms with Gasteiger partial charge < -0.3 is 5.32 Å². The van der Waals surface area contributed by atoms with E-state index in [1.807, 2.05) is 18.2 Å². The smallest absolute Gasteiger partial charge is 0.240 e. The van der Waals surface area contributed by atoms with E-state index in [0.717, 1.165) is 16.9 Å². The van der Waals surface area contributed by atoms with E-state index >= 15 is 0 Å². The van der Waals surface area contributed by atoms with Gasteiger partial charge in [-0.1, -0.05) is 41.4 Å². The molecule has 4 atom stereocenters. The van der Waals surface area contributed by atoms with E-state index < -0.39 is 0 Å². The molecule has 0 radical (unpaired) electrons. The number of benzene rings is 1. The molecule has 5 nitrogen and oxygen atoms in total. The van der Waals surface area contributed by atoms with Gasteiger partial charge in [-0.05, 0) is 42.4 Å². The van der Waals surface area contributed by atoms with Gasteiger partial charge in [0.25, 0.3) is 0 Å². The van der Waals surface area contributed by atoms with Gasteiger partial charge in [-0.2, -0.15) is 0 Å². The Morgan fingerprint density at radius 2 is 1.77 bits per heavy atom. The van der Waals surface area contributed by atoms with Crippen LogP contribution >= 0.6 is 23.2 Å². The number of fused-ring (bicyclic) bond motifs is 5. The van der Waals surface area contributed by atoms with Crippen LogP contribution < -0.4 is 5.32 Å². The van der Waals surface area contributed by atoms with Gasteiger partial charge in [0.05, 0.1) is 11.8 Å². The minimum absolute atomic E-state index is 0.154. The van der Waals surface area contributed by atoms with Crippen LogP contribution in [0.1, 0.15) is 12.0 Å². The predicted octanol–water partition coefficient (Wildman–Crippen LogP) is 2.46. The zero-order chi connectivity index (χ0) is 18.4. The molecule has 4 unspecified atom stereocenters. The van der Waals surface area contributed by atoms with Gasteiger partial charge in [-0.3, -0.25) is 19.3 Å². The molecule has 1 saturated carbocycles. The molecule has 1 aliphatic heterocycles. The minimum atomic E-state index is -0.336. The molecule has 136 valence electrons. The van der Waals surface area contributed by atoms with Crippen LogP contribution in [-0.4, -0.2) is 35.7 Å². The summed E-state index contributed by atoms with van der Waals surface area (Å²) in [5.74, 6) is -0.961. The molecule has 4 rings (SSSR count). The van der Waals surface area contributed by atoms with Crippen LogP contribution in [0.15, 0.2) is 30.4 Å². The maximum atomic E-state index is 12.6. The summed E-state index contributed by atoms with van der Waals surface area (Å²) in [7, 11) is 0. The lowest BCUT2D eigenvalue weighted by Gasteiger charge is -2.16. The van der Waals surface area contributed by atoms with E-state index in [1.54, 1.807) is 12.1 Å². The Labute approximate surface area is 161 Å². The molecule has 3 aliphatic rings. The fourth-order valence-corrected chi connectivity index (χ4v) is 4.88. The maximum Gasteiger partial charge on any atom is 0.240 e. The molecule has 0 aromatic heterocycles. The van der Waals surface area contributed by atoms with E-state index in [-0.39, 0.29) is 47.9 Å².